The van der Waals surface area contributed by atoms with Crippen molar-refractivity contribution in [3.8, 4) is 17.2 Å². The lowest BCUT2D eigenvalue weighted by molar-refractivity contribution is -0.908. The molecule has 1 N–H and O–H groups in total. The number of piperidine rings is 1. The molecule has 0 unspecified atom stereocenters. The number of hydrogen-bond donors (Lipinski definition) is 1. The summed E-state index contributed by atoms with van der Waals surface area (Å²) >= 11 is 0. The number of likely N-dealkylation sites (tertiary alicyclic amines) is 1. The monoisotopic (exact) mass is 420 g/mol. The normalized spacial score (nSPS) is 28.5. The summed E-state index contributed by atoms with van der Waals surface area (Å²) in [5.74, 6) is 2.67. The van der Waals surface area contributed by atoms with Crippen molar-refractivity contribution in [2.24, 2.45) is 5.10 Å². The second-order valence-corrected chi connectivity index (χ2v) is 9.06. The summed E-state index contributed by atoms with van der Waals surface area (Å²) in [6.07, 6.45) is 4.12. The summed E-state index contributed by atoms with van der Waals surface area (Å²) in [5, 5.41) is 7.49. The fourth-order valence-electron chi connectivity index (χ4n) is 5.55. The van der Waals surface area contributed by atoms with E-state index in [4.69, 9.17) is 19.3 Å². The van der Waals surface area contributed by atoms with Crippen molar-refractivity contribution in [2.45, 2.75) is 44.4 Å². The third-order valence-electron chi connectivity index (χ3n) is 7.12. The van der Waals surface area contributed by atoms with Crippen molar-refractivity contribution in [1.29, 1.82) is 0 Å². The summed E-state index contributed by atoms with van der Waals surface area (Å²) < 4.78 is 18.3. The molecule has 6 heteroatoms. The van der Waals surface area contributed by atoms with Gasteiger partial charge in [-0.3, -0.25) is 0 Å². The van der Waals surface area contributed by atoms with Crippen LogP contribution >= 0.6 is 0 Å². The Labute approximate surface area is 183 Å². The Kier molecular flexibility index (Phi) is 4.56. The van der Waals surface area contributed by atoms with Gasteiger partial charge in [-0.05, 0) is 30.7 Å². The zero-order valence-corrected chi connectivity index (χ0v) is 18.1. The first-order valence-corrected chi connectivity index (χ1v) is 11.6. The van der Waals surface area contributed by atoms with Gasteiger partial charge in [-0.15, -0.1) is 0 Å². The maximum Gasteiger partial charge on any atom is 0.208 e. The molecule has 6 rings (SSSR count). The summed E-state index contributed by atoms with van der Waals surface area (Å²) in [6, 6.07) is 14.9. The van der Waals surface area contributed by atoms with Gasteiger partial charge in [0.15, 0.2) is 11.5 Å². The van der Waals surface area contributed by atoms with Crippen LogP contribution in [0, 0.1) is 0 Å². The van der Waals surface area contributed by atoms with Gasteiger partial charge in [-0.25, -0.2) is 5.01 Å². The van der Waals surface area contributed by atoms with E-state index in [2.05, 4.69) is 48.3 Å². The van der Waals surface area contributed by atoms with Crippen LogP contribution in [-0.4, -0.2) is 49.3 Å². The molecule has 1 saturated heterocycles. The van der Waals surface area contributed by atoms with Crippen LogP contribution in [0.5, 0.6) is 17.2 Å². The predicted molar refractivity (Wildman–Crippen MR) is 118 cm³/mol. The smallest absolute Gasteiger partial charge is 0.208 e. The minimum atomic E-state index is -0.341. The van der Waals surface area contributed by atoms with Gasteiger partial charge in [0.1, 0.15) is 19.0 Å². The number of quaternary nitrogens is 1. The molecule has 1 atom stereocenters. The van der Waals surface area contributed by atoms with Gasteiger partial charge in [0.2, 0.25) is 5.72 Å². The van der Waals surface area contributed by atoms with Crippen molar-refractivity contribution < 1.29 is 19.1 Å². The lowest BCUT2D eigenvalue weighted by Gasteiger charge is -2.50. The molecule has 0 radical (unpaired) electrons. The van der Waals surface area contributed by atoms with Crippen molar-refractivity contribution in [1.82, 2.24) is 5.01 Å². The average Bonchev–Trinajstić information content (AvgIpc) is 3.28. The number of nitrogens with one attached hydrogen (secondary N) is 1. The standard InChI is InChI=1S/C25H29N3O3/c1-2-11-27-12-9-25(10-13-27)28-21(19-5-3-4-6-22(19)31-25)17-20(26-28)18-7-8-23-24(16-18)30-15-14-29-23/h3-8,16,21H,2,9-15,17H2,1H3/p+1/t21-/m1/s1. The van der Waals surface area contributed by atoms with Crippen molar-refractivity contribution >= 4 is 5.71 Å². The zero-order valence-electron chi connectivity index (χ0n) is 18.1. The molecule has 6 nitrogen and oxygen atoms in total. The number of rotatable bonds is 3. The predicted octanol–water partition coefficient (Wildman–Crippen LogP) is 2.79. The number of fused-ring (bicyclic) bond motifs is 5. The molecule has 2 aromatic rings. The quantitative estimate of drug-likeness (QED) is 0.830. The number of nitrogens with zero attached hydrogens (tertiary/aromatic N) is 2. The summed E-state index contributed by atoms with van der Waals surface area (Å²) in [7, 11) is 0. The van der Waals surface area contributed by atoms with Gasteiger partial charge in [-0.2, -0.15) is 5.10 Å². The van der Waals surface area contributed by atoms with E-state index in [9.17, 15) is 0 Å². The number of hydrogen-bond acceptors (Lipinski definition) is 5. The fourth-order valence-corrected chi connectivity index (χ4v) is 5.55. The van der Waals surface area contributed by atoms with Gasteiger partial charge >= 0.3 is 0 Å². The highest BCUT2D eigenvalue weighted by atomic mass is 16.6. The molecule has 31 heavy (non-hydrogen) atoms. The topological polar surface area (TPSA) is 47.7 Å². The number of benzene rings is 2. The maximum absolute atomic E-state index is 6.74. The molecule has 1 fully saturated rings. The van der Waals surface area contributed by atoms with Crippen LogP contribution in [0.15, 0.2) is 47.6 Å². The second kappa shape index (κ2) is 7.45. The lowest BCUT2D eigenvalue weighted by atomic mass is 9.90. The minimum absolute atomic E-state index is 0.223. The molecule has 1 spiro atoms. The van der Waals surface area contributed by atoms with Crippen molar-refractivity contribution in [3.63, 3.8) is 0 Å². The Morgan fingerprint density at radius 2 is 1.84 bits per heavy atom. The highest BCUT2D eigenvalue weighted by molar-refractivity contribution is 6.02. The SMILES string of the molecule is CCC[NH+]1CCC2(CC1)Oc1ccccc1[C@H]1CC(c3ccc4c(c3)OCCO4)=NN12. The molecule has 0 bridgehead atoms. The number of ether oxygens (including phenoxy) is 3. The summed E-state index contributed by atoms with van der Waals surface area (Å²) in [5.41, 5.74) is 3.12. The van der Waals surface area contributed by atoms with E-state index in [-0.39, 0.29) is 11.8 Å². The Bertz CT molecular complexity index is 1010. The van der Waals surface area contributed by atoms with Crippen LogP contribution in [0.3, 0.4) is 0 Å². The minimum Gasteiger partial charge on any atom is -0.486 e. The Balaban J connectivity index is 1.36. The van der Waals surface area contributed by atoms with Crippen LogP contribution < -0.4 is 19.1 Å². The fraction of sp³-hybridized carbons (Fsp3) is 0.480. The van der Waals surface area contributed by atoms with Crippen LogP contribution in [0.25, 0.3) is 0 Å². The number of hydrazone groups is 1. The Hall–Kier alpha value is -2.73. The van der Waals surface area contributed by atoms with E-state index in [0.29, 0.717) is 13.2 Å². The zero-order chi connectivity index (χ0) is 20.8. The molecule has 4 aliphatic rings. The van der Waals surface area contributed by atoms with Gasteiger partial charge in [0.05, 0.1) is 44.2 Å². The van der Waals surface area contributed by atoms with E-state index >= 15 is 0 Å². The molecule has 0 amide bonds. The van der Waals surface area contributed by atoms with E-state index in [1.807, 2.05) is 6.07 Å². The lowest BCUT2D eigenvalue weighted by Crippen LogP contribution is -3.14. The molecular weight excluding hydrogens is 390 g/mol. The molecule has 0 aromatic heterocycles. The molecule has 0 saturated carbocycles. The summed E-state index contributed by atoms with van der Waals surface area (Å²) in [6.45, 7) is 6.98. The molecule has 2 aromatic carbocycles. The average molecular weight is 421 g/mol. The van der Waals surface area contributed by atoms with Crippen LogP contribution in [-0.2, 0) is 0 Å². The van der Waals surface area contributed by atoms with Gasteiger partial charge in [0, 0.05) is 17.5 Å². The first-order chi connectivity index (χ1) is 15.3. The third-order valence-corrected chi connectivity index (χ3v) is 7.12. The Morgan fingerprint density at radius 3 is 2.68 bits per heavy atom. The summed E-state index contributed by atoms with van der Waals surface area (Å²) in [4.78, 5) is 1.68. The first kappa shape index (κ1) is 19.0. The molecule has 4 aliphatic heterocycles. The molecule has 162 valence electrons. The van der Waals surface area contributed by atoms with E-state index < -0.39 is 0 Å². The molecule has 4 heterocycles. The third kappa shape index (κ3) is 3.16. The van der Waals surface area contributed by atoms with Crippen molar-refractivity contribution in [3.05, 3.63) is 53.6 Å². The van der Waals surface area contributed by atoms with Crippen LogP contribution in [0.2, 0.25) is 0 Å². The highest BCUT2D eigenvalue weighted by Crippen LogP contribution is 2.49. The number of para-hydroxylation sites is 1. The molecule has 0 aliphatic carbocycles. The van der Waals surface area contributed by atoms with Crippen LogP contribution in [0.4, 0.5) is 0 Å². The largest absolute Gasteiger partial charge is 0.486 e. The Morgan fingerprint density at radius 1 is 1.03 bits per heavy atom. The van der Waals surface area contributed by atoms with Gasteiger partial charge in [-0.1, -0.05) is 25.1 Å². The van der Waals surface area contributed by atoms with Gasteiger partial charge in [0.25, 0.3) is 0 Å². The first-order valence-electron chi connectivity index (χ1n) is 11.6. The van der Waals surface area contributed by atoms with Gasteiger partial charge < -0.3 is 19.1 Å². The van der Waals surface area contributed by atoms with Crippen LogP contribution in [0.1, 0.15) is 49.8 Å². The second-order valence-electron chi connectivity index (χ2n) is 9.06. The molecular formula is C25H30N3O3+. The highest BCUT2D eigenvalue weighted by Gasteiger charge is 2.52. The van der Waals surface area contributed by atoms with Crippen molar-refractivity contribution in [2.75, 3.05) is 32.8 Å². The van der Waals surface area contributed by atoms with E-state index in [1.165, 1.54) is 18.5 Å². The van der Waals surface area contributed by atoms with E-state index in [0.717, 1.165) is 60.9 Å². The maximum atomic E-state index is 6.74. The van der Waals surface area contributed by atoms with E-state index in [1.54, 1.807) is 4.90 Å².